The molecule has 0 aromatic heterocycles. The van der Waals surface area contributed by atoms with E-state index in [0.717, 1.165) is 44.6 Å². The molecule has 0 amide bonds. The lowest BCUT2D eigenvalue weighted by molar-refractivity contribution is 0.119. The highest BCUT2D eigenvalue weighted by atomic mass is 127. The smallest absolute Gasteiger partial charge is 0.191 e. The second kappa shape index (κ2) is 11.5. The molecule has 1 aliphatic carbocycles. The van der Waals surface area contributed by atoms with Crippen molar-refractivity contribution < 1.29 is 0 Å². The Hall–Kier alpha value is -0.0800. The van der Waals surface area contributed by atoms with E-state index in [1.807, 2.05) is 0 Å². The minimum atomic E-state index is 0. The first-order chi connectivity index (χ1) is 11.1. The Bertz CT molecular complexity index is 376. The lowest BCUT2D eigenvalue weighted by Crippen LogP contribution is -2.52. The Kier molecular flexibility index (Phi) is 10.5. The molecule has 2 aliphatic rings. The van der Waals surface area contributed by atoms with Gasteiger partial charge in [0.25, 0.3) is 0 Å². The molecule has 2 fully saturated rings. The van der Waals surface area contributed by atoms with Crippen molar-refractivity contribution in [2.75, 3.05) is 46.8 Å². The van der Waals surface area contributed by atoms with Gasteiger partial charge >= 0.3 is 0 Å². The van der Waals surface area contributed by atoms with Crippen LogP contribution in [0, 0.1) is 5.92 Å². The third-order valence-electron chi connectivity index (χ3n) is 5.49. The molecule has 3 atom stereocenters. The van der Waals surface area contributed by atoms with Gasteiger partial charge < -0.3 is 15.5 Å². The van der Waals surface area contributed by atoms with E-state index in [1.54, 1.807) is 0 Å². The summed E-state index contributed by atoms with van der Waals surface area (Å²) in [5.74, 6) is 1.90. The molecule has 1 saturated carbocycles. The molecule has 3 unspecified atom stereocenters. The van der Waals surface area contributed by atoms with Crippen LogP contribution in [0.1, 0.15) is 46.0 Å². The summed E-state index contributed by atoms with van der Waals surface area (Å²) in [5.41, 5.74) is 0. The number of rotatable bonds is 5. The van der Waals surface area contributed by atoms with E-state index in [0.29, 0.717) is 12.1 Å². The number of aliphatic imine (C=N–C) groups is 1. The van der Waals surface area contributed by atoms with Crippen LogP contribution in [-0.4, -0.2) is 74.7 Å². The molecule has 142 valence electrons. The standard InChI is InChI=1S/C18H37N5.HI/c1-5-15-8-7-9-16(12-15)21-18(19-6-2)20-13-17-14-22(3)10-11-23(17)4;/h15-17H,5-14H2,1-4H3,(H2,19,20,21);1H. The van der Waals surface area contributed by atoms with E-state index >= 15 is 0 Å². The van der Waals surface area contributed by atoms with Gasteiger partial charge in [0.2, 0.25) is 0 Å². The van der Waals surface area contributed by atoms with Crippen LogP contribution in [0.15, 0.2) is 4.99 Å². The summed E-state index contributed by atoms with van der Waals surface area (Å²) in [6.07, 6.45) is 6.65. The zero-order valence-electron chi connectivity index (χ0n) is 16.1. The number of piperazine rings is 1. The molecule has 1 heterocycles. The number of nitrogens with zero attached hydrogens (tertiary/aromatic N) is 3. The van der Waals surface area contributed by atoms with Crippen molar-refractivity contribution in [3.8, 4) is 0 Å². The fraction of sp³-hybridized carbons (Fsp3) is 0.944. The van der Waals surface area contributed by atoms with Gasteiger partial charge in [-0.2, -0.15) is 0 Å². The summed E-state index contributed by atoms with van der Waals surface area (Å²) in [5, 5.41) is 7.13. The molecule has 1 saturated heterocycles. The molecule has 5 nitrogen and oxygen atoms in total. The molecule has 0 radical (unpaired) electrons. The fourth-order valence-electron chi connectivity index (χ4n) is 3.80. The quantitative estimate of drug-likeness (QED) is 0.383. The molecule has 2 rings (SSSR count). The SMILES string of the molecule is CCNC(=NCC1CN(C)CCN1C)NC1CCCC(CC)C1.I. The van der Waals surface area contributed by atoms with Crippen LogP contribution in [0.5, 0.6) is 0 Å². The van der Waals surface area contributed by atoms with Crippen LogP contribution in [0.2, 0.25) is 0 Å². The van der Waals surface area contributed by atoms with Crippen LogP contribution < -0.4 is 10.6 Å². The Morgan fingerprint density at radius 2 is 1.96 bits per heavy atom. The maximum absolute atomic E-state index is 4.89. The summed E-state index contributed by atoms with van der Waals surface area (Å²) in [4.78, 5) is 9.75. The highest BCUT2D eigenvalue weighted by Crippen LogP contribution is 2.26. The van der Waals surface area contributed by atoms with Gasteiger partial charge in [-0.05, 0) is 39.8 Å². The lowest BCUT2D eigenvalue weighted by atomic mass is 9.84. The van der Waals surface area contributed by atoms with Crippen LogP contribution in [0.3, 0.4) is 0 Å². The number of guanidine groups is 1. The van der Waals surface area contributed by atoms with Gasteiger partial charge in [-0.1, -0.05) is 26.2 Å². The summed E-state index contributed by atoms with van der Waals surface area (Å²) in [6, 6.07) is 1.12. The van der Waals surface area contributed by atoms with Gasteiger partial charge in [0.1, 0.15) is 0 Å². The Labute approximate surface area is 166 Å². The molecule has 0 aromatic rings. The Morgan fingerprint density at radius 1 is 1.17 bits per heavy atom. The number of halogens is 1. The van der Waals surface area contributed by atoms with Gasteiger partial charge in [-0.3, -0.25) is 9.89 Å². The minimum absolute atomic E-state index is 0. The predicted octanol–water partition coefficient (Wildman–Crippen LogP) is 2.37. The van der Waals surface area contributed by atoms with Gasteiger partial charge in [-0.15, -0.1) is 24.0 Å². The van der Waals surface area contributed by atoms with Crippen molar-refractivity contribution in [3.63, 3.8) is 0 Å². The molecule has 0 aromatic carbocycles. The van der Waals surface area contributed by atoms with E-state index in [9.17, 15) is 0 Å². The average Bonchev–Trinajstić information content (AvgIpc) is 2.56. The summed E-state index contributed by atoms with van der Waals surface area (Å²) in [6.45, 7) is 9.68. The monoisotopic (exact) mass is 451 g/mol. The zero-order valence-corrected chi connectivity index (χ0v) is 18.4. The second-order valence-corrected chi connectivity index (χ2v) is 7.40. The topological polar surface area (TPSA) is 42.9 Å². The maximum atomic E-state index is 4.89. The first-order valence-electron chi connectivity index (χ1n) is 9.56. The Morgan fingerprint density at radius 3 is 2.67 bits per heavy atom. The molecule has 0 spiro atoms. The summed E-state index contributed by atoms with van der Waals surface area (Å²) < 4.78 is 0. The first kappa shape index (κ1) is 22.0. The van der Waals surface area contributed by atoms with Crippen LogP contribution in [-0.2, 0) is 0 Å². The summed E-state index contributed by atoms with van der Waals surface area (Å²) >= 11 is 0. The van der Waals surface area contributed by atoms with Gasteiger partial charge in [-0.25, -0.2) is 0 Å². The summed E-state index contributed by atoms with van der Waals surface area (Å²) in [7, 11) is 4.43. The molecule has 0 bridgehead atoms. The minimum Gasteiger partial charge on any atom is -0.357 e. The average molecular weight is 451 g/mol. The van der Waals surface area contributed by atoms with Gasteiger partial charge in [0.05, 0.1) is 6.54 Å². The third-order valence-corrected chi connectivity index (χ3v) is 5.49. The molecule has 2 N–H and O–H groups in total. The third kappa shape index (κ3) is 7.04. The molecule has 6 heteroatoms. The number of likely N-dealkylation sites (N-methyl/N-ethyl adjacent to an activating group) is 2. The van der Waals surface area contributed by atoms with Crippen molar-refractivity contribution in [1.82, 2.24) is 20.4 Å². The number of nitrogens with one attached hydrogen (secondary N) is 2. The maximum Gasteiger partial charge on any atom is 0.191 e. The van der Waals surface area contributed by atoms with E-state index in [1.165, 1.54) is 32.1 Å². The fourth-order valence-corrected chi connectivity index (χ4v) is 3.80. The van der Waals surface area contributed by atoms with Crippen molar-refractivity contribution in [2.45, 2.75) is 58.0 Å². The van der Waals surface area contributed by atoms with Gasteiger partial charge in [0.15, 0.2) is 5.96 Å². The van der Waals surface area contributed by atoms with E-state index in [2.05, 4.69) is 48.4 Å². The lowest BCUT2D eigenvalue weighted by Gasteiger charge is -2.37. The highest BCUT2D eigenvalue weighted by molar-refractivity contribution is 14.0. The van der Waals surface area contributed by atoms with E-state index in [-0.39, 0.29) is 24.0 Å². The Balaban J connectivity index is 0.00000288. The normalized spacial score (nSPS) is 29.8. The van der Waals surface area contributed by atoms with Crippen LogP contribution in [0.4, 0.5) is 0 Å². The second-order valence-electron chi connectivity index (χ2n) is 7.40. The van der Waals surface area contributed by atoms with Crippen LogP contribution >= 0.6 is 24.0 Å². The zero-order chi connectivity index (χ0) is 16.7. The van der Waals surface area contributed by atoms with E-state index < -0.39 is 0 Å². The number of hydrogen-bond acceptors (Lipinski definition) is 3. The van der Waals surface area contributed by atoms with Crippen molar-refractivity contribution >= 4 is 29.9 Å². The predicted molar refractivity (Wildman–Crippen MR) is 114 cm³/mol. The number of hydrogen-bond donors (Lipinski definition) is 2. The molecule has 24 heavy (non-hydrogen) atoms. The van der Waals surface area contributed by atoms with Crippen molar-refractivity contribution in [3.05, 3.63) is 0 Å². The van der Waals surface area contributed by atoms with Crippen molar-refractivity contribution in [1.29, 1.82) is 0 Å². The largest absolute Gasteiger partial charge is 0.357 e. The molecule has 1 aliphatic heterocycles. The van der Waals surface area contributed by atoms with Crippen molar-refractivity contribution in [2.24, 2.45) is 10.9 Å². The molecular weight excluding hydrogens is 413 g/mol. The van der Waals surface area contributed by atoms with Gasteiger partial charge in [0, 0.05) is 38.3 Å². The first-order valence-corrected chi connectivity index (χ1v) is 9.56. The van der Waals surface area contributed by atoms with Crippen LogP contribution in [0.25, 0.3) is 0 Å². The molecular formula is C18H38IN5. The van der Waals surface area contributed by atoms with E-state index in [4.69, 9.17) is 4.99 Å². The highest BCUT2D eigenvalue weighted by Gasteiger charge is 2.23.